The van der Waals surface area contributed by atoms with Gasteiger partial charge in [0, 0.05) is 32.2 Å². The van der Waals surface area contributed by atoms with Crippen molar-refractivity contribution in [2.45, 2.75) is 26.9 Å². The van der Waals surface area contributed by atoms with Gasteiger partial charge in [-0.3, -0.25) is 4.98 Å². The molecule has 2 aromatic heterocycles. The molecule has 0 bridgehead atoms. The highest BCUT2D eigenvalue weighted by Crippen LogP contribution is 2.18. The number of anilines is 1. The van der Waals surface area contributed by atoms with Crippen molar-refractivity contribution in [2.75, 3.05) is 25.5 Å². The highest BCUT2D eigenvalue weighted by molar-refractivity contribution is 7.13. The van der Waals surface area contributed by atoms with Crippen LogP contribution in [0.2, 0.25) is 0 Å². The molecule has 0 unspecified atom stereocenters. The number of aryl methyl sites for hydroxylation is 1. The summed E-state index contributed by atoms with van der Waals surface area (Å²) < 4.78 is 0. The average molecular weight is 332 g/mol. The number of nitrogens with one attached hydrogen (secondary N) is 2. The van der Waals surface area contributed by atoms with Crippen molar-refractivity contribution in [2.24, 2.45) is 4.99 Å². The maximum atomic E-state index is 4.59. The number of aliphatic imine (C=N–C) groups is 1. The number of pyridine rings is 1. The van der Waals surface area contributed by atoms with Gasteiger partial charge in [-0.1, -0.05) is 6.07 Å². The van der Waals surface area contributed by atoms with Gasteiger partial charge < -0.3 is 15.5 Å². The van der Waals surface area contributed by atoms with Crippen LogP contribution in [0.3, 0.4) is 0 Å². The molecule has 0 atom stereocenters. The van der Waals surface area contributed by atoms with Crippen molar-refractivity contribution in [3.8, 4) is 0 Å². The topological polar surface area (TPSA) is 65.4 Å². The molecule has 0 aliphatic rings. The molecule has 0 spiro atoms. The first-order chi connectivity index (χ1) is 11.1. The van der Waals surface area contributed by atoms with Gasteiger partial charge in [0.2, 0.25) is 0 Å². The average Bonchev–Trinajstić information content (AvgIpc) is 3.00. The van der Waals surface area contributed by atoms with Crippen LogP contribution < -0.4 is 15.5 Å². The minimum Gasteiger partial charge on any atom is -0.357 e. The van der Waals surface area contributed by atoms with Crippen molar-refractivity contribution in [3.63, 3.8) is 0 Å². The highest BCUT2D eigenvalue weighted by Gasteiger charge is 2.05. The molecule has 124 valence electrons. The minimum atomic E-state index is 0.556. The molecule has 0 aromatic carbocycles. The van der Waals surface area contributed by atoms with Crippen LogP contribution in [0, 0.1) is 6.92 Å². The van der Waals surface area contributed by atoms with E-state index < -0.39 is 0 Å². The predicted molar refractivity (Wildman–Crippen MR) is 97.1 cm³/mol. The predicted octanol–water partition coefficient (Wildman–Crippen LogP) is 2.17. The number of guanidine groups is 1. The van der Waals surface area contributed by atoms with E-state index in [4.69, 9.17) is 0 Å². The summed E-state index contributed by atoms with van der Waals surface area (Å²) in [5, 5.41) is 9.61. The summed E-state index contributed by atoms with van der Waals surface area (Å²) in [5.74, 6) is 0.775. The van der Waals surface area contributed by atoms with Crippen molar-refractivity contribution >= 4 is 22.4 Å². The molecule has 2 rings (SSSR count). The number of rotatable bonds is 6. The Hall–Kier alpha value is -2.15. The lowest BCUT2D eigenvalue weighted by Gasteiger charge is -2.11. The SMILES string of the molecule is CCNC(=NCc1csc(N(C)C)n1)NCc1ncccc1C. The van der Waals surface area contributed by atoms with Gasteiger partial charge >= 0.3 is 0 Å². The van der Waals surface area contributed by atoms with E-state index in [0.717, 1.165) is 29.0 Å². The smallest absolute Gasteiger partial charge is 0.191 e. The maximum absolute atomic E-state index is 4.59. The molecule has 0 aliphatic carbocycles. The van der Waals surface area contributed by atoms with Gasteiger partial charge in [0.05, 0.1) is 24.5 Å². The molecule has 7 heteroatoms. The Balaban J connectivity index is 1.98. The van der Waals surface area contributed by atoms with Crippen LogP contribution in [0.15, 0.2) is 28.7 Å². The highest BCUT2D eigenvalue weighted by atomic mass is 32.1. The normalized spacial score (nSPS) is 11.4. The van der Waals surface area contributed by atoms with Gasteiger partial charge in [0.25, 0.3) is 0 Å². The second kappa shape index (κ2) is 8.47. The third-order valence-electron chi connectivity index (χ3n) is 3.21. The second-order valence-corrected chi connectivity index (χ2v) is 6.17. The summed E-state index contributed by atoms with van der Waals surface area (Å²) in [6, 6.07) is 4.01. The number of nitrogens with zero attached hydrogens (tertiary/aromatic N) is 4. The van der Waals surface area contributed by atoms with Crippen LogP contribution in [0.4, 0.5) is 5.13 Å². The van der Waals surface area contributed by atoms with Gasteiger partial charge in [-0.05, 0) is 25.5 Å². The summed E-state index contributed by atoms with van der Waals surface area (Å²) in [7, 11) is 3.99. The molecule has 6 nitrogen and oxygen atoms in total. The Bertz CT molecular complexity index is 650. The van der Waals surface area contributed by atoms with Crippen molar-refractivity contribution in [1.82, 2.24) is 20.6 Å². The zero-order valence-electron chi connectivity index (χ0n) is 14.1. The zero-order chi connectivity index (χ0) is 16.7. The molecule has 2 aromatic rings. The molecule has 2 heterocycles. The lowest BCUT2D eigenvalue weighted by atomic mass is 10.2. The fraction of sp³-hybridized carbons (Fsp3) is 0.438. The summed E-state index contributed by atoms with van der Waals surface area (Å²) in [5.41, 5.74) is 3.18. The molecular weight excluding hydrogens is 308 g/mol. The van der Waals surface area contributed by atoms with Gasteiger partial charge in [0.1, 0.15) is 0 Å². The number of hydrogen-bond donors (Lipinski definition) is 2. The van der Waals surface area contributed by atoms with E-state index in [1.54, 1.807) is 11.3 Å². The van der Waals surface area contributed by atoms with E-state index in [1.165, 1.54) is 5.56 Å². The van der Waals surface area contributed by atoms with Crippen molar-refractivity contribution < 1.29 is 0 Å². The van der Waals surface area contributed by atoms with Crippen molar-refractivity contribution in [1.29, 1.82) is 0 Å². The first kappa shape index (κ1) is 17.2. The van der Waals surface area contributed by atoms with Gasteiger partial charge in [-0.2, -0.15) is 0 Å². The van der Waals surface area contributed by atoms with E-state index in [9.17, 15) is 0 Å². The first-order valence-electron chi connectivity index (χ1n) is 7.64. The minimum absolute atomic E-state index is 0.556. The third-order valence-corrected chi connectivity index (χ3v) is 4.26. The molecule has 0 radical (unpaired) electrons. The zero-order valence-corrected chi connectivity index (χ0v) is 14.9. The summed E-state index contributed by atoms with van der Waals surface area (Å²) in [6.45, 7) is 6.13. The lowest BCUT2D eigenvalue weighted by molar-refractivity contribution is 0.792. The molecule has 0 fully saturated rings. The second-order valence-electron chi connectivity index (χ2n) is 5.33. The molecule has 0 aliphatic heterocycles. The number of aromatic nitrogens is 2. The Morgan fingerprint density at radius 3 is 2.83 bits per heavy atom. The number of hydrogen-bond acceptors (Lipinski definition) is 5. The van der Waals surface area contributed by atoms with Gasteiger partial charge in [0.15, 0.2) is 11.1 Å². The lowest BCUT2D eigenvalue weighted by Crippen LogP contribution is -2.37. The molecule has 0 saturated carbocycles. The maximum Gasteiger partial charge on any atom is 0.191 e. The van der Waals surface area contributed by atoms with Crippen LogP contribution in [0.1, 0.15) is 23.9 Å². The first-order valence-corrected chi connectivity index (χ1v) is 8.52. The van der Waals surface area contributed by atoms with Gasteiger partial charge in [-0.25, -0.2) is 9.98 Å². The largest absolute Gasteiger partial charge is 0.357 e. The summed E-state index contributed by atoms with van der Waals surface area (Å²) in [4.78, 5) is 15.5. The van der Waals surface area contributed by atoms with E-state index in [2.05, 4.69) is 45.5 Å². The summed E-state index contributed by atoms with van der Waals surface area (Å²) in [6.07, 6.45) is 1.81. The number of thiazole rings is 1. The van der Waals surface area contributed by atoms with E-state index in [-0.39, 0.29) is 0 Å². The fourth-order valence-corrected chi connectivity index (χ4v) is 2.70. The summed E-state index contributed by atoms with van der Waals surface area (Å²) >= 11 is 1.63. The van der Waals surface area contributed by atoms with Crippen LogP contribution in [0.25, 0.3) is 0 Å². The van der Waals surface area contributed by atoms with Crippen LogP contribution in [-0.2, 0) is 13.1 Å². The molecule has 2 N–H and O–H groups in total. The Labute approximate surface area is 141 Å². The monoisotopic (exact) mass is 332 g/mol. The van der Waals surface area contributed by atoms with E-state index >= 15 is 0 Å². The van der Waals surface area contributed by atoms with Gasteiger partial charge in [-0.15, -0.1) is 11.3 Å². The Morgan fingerprint density at radius 2 is 2.17 bits per heavy atom. The van der Waals surface area contributed by atoms with Crippen LogP contribution in [-0.4, -0.2) is 36.6 Å². The standard InChI is InChI=1S/C16H24N6S/c1-5-17-15(20-10-14-12(2)7-6-8-18-14)19-9-13-11-23-16(21-13)22(3)4/h6-8,11H,5,9-10H2,1-4H3,(H2,17,19,20). The van der Waals surface area contributed by atoms with E-state index in [1.807, 2.05) is 36.6 Å². The van der Waals surface area contributed by atoms with E-state index in [0.29, 0.717) is 13.1 Å². The van der Waals surface area contributed by atoms with Crippen LogP contribution in [0.5, 0.6) is 0 Å². The quantitative estimate of drug-likeness (QED) is 0.627. The fourth-order valence-electron chi connectivity index (χ4n) is 1.95. The molecule has 0 amide bonds. The Morgan fingerprint density at radius 1 is 1.35 bits per heavy atom. The third kappa shape index (κ3) is 5.21. The van der Waals surface area contributed by atoms with Crippen molar-refractivity contribution in [3.05, 3.63) is 40.7 Å². The molecular formula is C16H24N6S. The Kier molecular flexibility index (Phi) is 6.34. The molecule has 23 heavy (non-hydrogen) atoms. The molecule has 0 saturated heterocycles. The van der Waals surface area contributed by atoms with Crippen LogP contribution >= 0.6 is 11.3 Å².